The van der Waals surface area contributed by atoms with Crippen molar-refractivity contribution in [3.8, 4) is 0 Å². The fourth-order valence-corrected chi connectivity index (χ4v) is 4.67. The third-order valence-electron chi connectivity index (χ3n) is 2.02. The molecule has 0 atom stereocenters. The Hall–Kier alpha value is 0.0500. The average molecular weight is 327 g/mol. The summed E-state index contributed by atoms with van der Waals surface area (Å²) in [6.07, 6.45) is 0. The molecular weight excluding hydrogens is 312 g/mol. The number of hydrogen-bond acceptors (Lipinski definition) is 4. The van der Waals surface area contributed by atoms with E-state index in [0.29, 0.717) is 4.21 Å². The summed E-state index contributed by atoms with van der Waals surface area (Å²) >= 11 is 4.50. The Kier molecular flexibility index (Phi) is 4.18. The number of halogens is 1. The number of nitrogens with two attached hydrogens (primary N) is 1. The molecule has 0 spiro atoms. The van der Waals surface area contributed by atoms with Crippen LogP contribution in [-0.4, -0.2) is 20.5 Å². The first-order valence-corrected chi connectivity index (χ1v) is 7.77. The van der Waals surface area contributed by atoms with Gasteiger partial charge in [-0.05, 0) is 48.3 Å². The lowest BCUT2D eigenvalue weighted by Crippen LogP contribution is -2.48. The SMILES string of the molecule is Cc1cc(S(=O)(=O)NC(C)(C)CN)sc1Br. The number of sulfonamides is 1. The minimum absolute atomic E-state index is 0.248. The maximum Gasteiger partial charge on any atom is 0.250 e. The minimum Gasteiger partial charge on any atom is -0.329 e. The summed E-state index contributed by atoms with van der Waals surface area (Å²) in [6, 6.07) is 1.64. The summed E-state index contributed by atoms with van der Waals surface area (Å²) in [4.78, 5) is 0. The highest BCUT2D eigenvalue weighted by atomic mass is 79.9. The molecule has 1 rings (SSSR count). The fourth-order valence-electron chi connectivity index (χ4n) is 1.02. The molecule has 1 heterocycles. The van der Waals surface area contributed by atoms with Crippen LogP contribution < -0.4 is 10.5 Å². The third-order valence-corrected chi connectivity index (χ3v) is 6.33. The second kappa shape index (κ2) is 4.73. The van der Waals surface area contributed by atoms with Crippen LogP contribution in [0.1, 0.15) is 19.4 Å². The highest BCUT2D eigenvalue weighted by molar-refractivity contribution is 9.11. The maximum atomic E-state index is 12.0. The summed E-state index contributed by atoms with van der Waals surface area (Å²) in [6.45, 7) is 5.60. The fraction of sp³-hybridized carbons (Fsp3) is 0.556. The highest BCUT2D eigenvalue weighted by Gasteiger charge is 2.26. The standard InChI is InChI=1S/C9H15BrN2O2S2/c1-6-4-7(15-8(6)10)16(13,14)12-9(2,3)5-11/h4,12H,5,11H2,1-3H3. The van der Waals surface area contributed by atoms with E-state index in [1.54, 1.807) is 19.9 Å². The van der Waals surface area contributed by atoms with Crippen molar-refractivity contribution in [2.75, 3.05) is 6.54 Å². The highest BCUT2D eigenvalue weighted by Crippen LogP contribution is 2.30. The lowest BCUT2D eigenvalue weighted by Gasteiger charge is -2.23. The van der Waals surface area contributed by atoms with Crippen LogP contribution in [0.2, 0.25) is 0 Å². The van der Waals surface area contributed by atoms with E-state index in [1.165, 1.54) is 11.3 Å². The number of hydrogen-bond donors (Lipinski definition) is 2. The van der Waals surface area contributed by atoms with Crippen LogP contribution in [-0.2, 0) is 10.0 Å². The van der Waals surface area contributed by atoms with Gasteiger partial charge in [0.25, 0.3) is 10.0 Å². The zero-order valence-electron chi connectivity index (χ0n) is 9.37. The Bertz CT molecular complexity index is 460. The summed E-state index contributed by atoms with van der Waals surface area (Å²) in [7, 11) is -3.47. The molecule has 1 aromatic rings. The molecule has 0 aliphatic carbocycles. The first-order valence-electron chi connectivity index (χ1n) is 4.68. The van der Waals surface area contributed by atoms with Gasteiger partial charge in [-0.25, -0.2) is 13.1 Å². The van der Waals surface area contributed by atoms with E-state index in [9.17, 15) is 8.42 Å². The zero-order valence-corrected chi connectivity index (χ0v) is 12.6. The second-order valence-electron chi connectivity index (χ2n) is 4.22. The third kappa shape index (κ3) is 3.27. The molecule has 0 saturated heterocycles. The minimum atomic E-state index is -3.47. The van der Waals surface area contributed by atoms with Gasteiger partial charge in [0.1, 0.15) is 4.21 Å². The number of rotatable bonds is 4. The van der Waals surface area contributed by atoms with Crippen molar-refractivity contribution in [1.82, 2.24) is 4.72 Å². The van der Waals surface area contributed by atoms with Gasteiger partial charge in [-0.1, -0.05) is 0 Å². The number of thiophene rings is 1. The molecule has 0 aliphatic heterocycles. The Morgan fingerprint density at radius 3 is 2.50 bits per heavy atom. The number of nitrogens with one attached hydrogen (secondary N) is 1. The molecule has 0 radical (unpaired) electrons. The Morgan fingerprint density at radius 1 is 1.56 bits per heavy atom. The summed E-state index contributed by atoms with van der Waals surface area (Å²) in [5, 5.41) is 0. The van der Waals surface area contributed by atoms with E-state index >= 15 is 0 Å². The Labute approximate surface area is 108 Å². The number of aryl methyl sites for hydroxylation is 1. The lowest BCUT2D eigenvalue weighted by atomic mass is 10.1. The molecular formula is C9H15BrN2O2S2. The molecule has 0 aliphatic rings. The van der Waals surface area contributed by atoms with E-state index in [1.807, 2.05) is 6.92 Å². The van der Waals surface area contributed by atoms with Crippen molar-refractivity contribution in [2.45, 2.75) is 30.5 Å². The molecule has 3 N–H and O–H groups in total. The Balaban J connectivity index is 3.04. The van der Waals surface area contributed by atoms with Crippen molar-refractivity contribution in [2.24, 2.45) is 5.73 Å². The molecule has 0 amide bonds. The second-order valence-corrected chi connectivity index (χ2v) is 8.49. The first-order chi connectivity index (χ1) is 7.18. The van der Waals surface area contributed by atoms with Gasteiger partial charge in [-0.15, -0.1) is 11.3 Å². The molecule has 7 heteroatoms. The van der Waals surface area contributed by atoms with E-state index in [-0.39, 0.29) is 6.54 Å². The molecule has 0 saturated carbocycles. The van der Waals surface area contributed by atoms with Crippen molar-refractivity contribution in [3.63, 3.8) is 0 Å². The van der Waals surface area contributed by atoms with Gasteiger partial charge >= 0.3 is 0 Å². The molecule has 16 heavy (non-hydrogen) atoms. The molecule has 0 aromatic carbocycles. The normalized spacial score (nSPS) is 13.1. The molecule has 4 nitrogen and oxygen atoms in total. The predicted octanol–water partition coefficient (Wildman–Crippen LogP) is 1.83. The summed E-state index contributed by atoms with van der Waals surface area (Å²) < 4.78 is 27.7. The van der Waals surface area contributed by atoms with Crippen LogP contribution >= 0.6 is 27.3 Å². The van der Waals surface area contributed by atoms with Gasteiger partial charge in [-0.2, -0.15) is 0 Å². The van der Waals surface area contributed by atoms with Crippen LogP contribution in [0.5, 0.6) is 0 Å². The van der Waals surface area contributed by atoms with Crippen LogP contribution in [0.25, 0.3) is 0 Å². The summed E-state index contributed by atoms with van der Waals surface area (Å²) in [5.41, 5.74) is 5.77. The van der Waals surface area contributed by atoms with Crippen molar-refractivity contribution in [3.05, 3.63) is 15.4 Å². The van der Waals surface area contributed by atoms with Gasteiger partial charge in [0.15, 0.2) is 0 Å². The van der Waals surface area contributed by atoms with Crippen molar-refractivity contribution < 1.29 is 8.42 Å². The molecule has 0 fully saturated rings. The topological polar surface area (TPSA) is 72.2 Å². The van der Waals surface area contributed by atoms with Crippen molar-refractivity contribution >= 4 is 37.3 Å². The van der Waals surface area contributed by atoms with Crippen LogP contribution in [0.15, 0.2) is 14.1 Å². The quantitative estimate of drug-likeness (QED) is 0.886. The van der Waals surface area contributed by atoms with E-state index < -0.39 is 15.6 Å². The molecule has 1 aromatic heterocycles. The van der Waals surface area contributed by atoms with Crippen LogP contribution in [0.4, 0.5) is 0 Å². The average Bonchev–Trinajstić information content (AvgIpc) is 2.46. The molecule has 92 valence electrons. The van der Waals surface area contributed by atoms with Gasteiger partial charge in [0.05, 0.1) is 3.79 Å². The van der Waals surface area contributed by atoms with Gasteiger partial charge in [0.2, 0.25) is 0 Å². The van der Waals surface area contributed by atoms with Gasteiger partial charge in [-0.3, -0.25) is 0 Å². The van der Waals surface area contributed by atoms with Gasteiger partial charge < -0.3 is 5.73 Å². The first kappa shape index (κ1) is 14.1. The largest absolute Gasteiger partial charge is 0.329 e. The van der Waals surface area contributed by atoms with Gasteiger partial charge in [0, 0.05) is 12.1 Å². The van der Waals surface area contributed by atoms with Crippen molar-refractivity contribution in [1.29, 1.82) is 0 Å². The smallest absolute Gasteiger partial charge is 0.250 e. The van der Waals surface area contributed by atoms with E-state index in [0.717, 1.165) is 9.35 Å². The van der Waals surface area contributed by atoms with E-state index in [2.05, 4.69) is 20.7 Å². The van der Waals surface area contributed by atoms with Crippen LogP contribution in [0.3, 0.4) is 0 Å². The zero-order chi connectivity index (χ0) is 12.6. The lowest BCUT2D eigenvalue weighted by molar-refractivity contribution is 0.463. The molecule has 0 bridgehead atoms. The summed E-state index contributed by atoms with van der Waals surface area (Å²) in [5.74, 6) is 0. The van der Waals surface area contributed by atoms with E-state index in [4.69, 9.17) is 5.73 Å². The predicted molar refractivity (Wildman–Crippen MR) is 70.2 cm³/mol. The molecule has 0 unspecified atom stereocenters. The Morgan fingerprint density at radius 2 is 2.12 bits per heavy atom. The van der Waals surface area contributed by atoms with Crippen LogP contribution in [0, 0.1) is 6.92 Å². The maximum absolute atomic E-state index is 12.0. The monoisotopic (exact) mass is 326 g/mol.